The first-order valence-electron chi connectivity index (χ1n) is 6.23. The van der Waals surface area contributed by atoms with Crippen molar-refractivity contribution in [2.24, 2.45) is 5.73 Å². The standard InChI is InChI=1S/C14H22N2/c1-11-8-9-14(15)12(2)16(11)10-13-6-4-3-5-7-13/h3-7,11-12,14H,8-10,15H2,1-2H3/t11-,12-,14+/m1/s1. The van der Waals surface area contributed by atoms with E-state index in [1.807, 2.05) is 0 Å². The van der Waals surface area contributed by atoms with Crippen molar-refractivity contribution in [3.8, 4) is 0 Å². The first-order chi connectivity index (χ1) is 7.68. The zero-order valence-corrected chi connectivity index (χ0v) is 10.3. The number of rotatable bonds is 2. The number of piperidine rings is 1. The summed E-state index contributed by atoms with van der Waals surface area (Å²) in [5.74, 6) is 0. The molecular weight excluding hydrogens is 196 g/mol. The van der Waals surface area contributed by atoms with Crippen molar-refractivity contribution in [3.63, 3.8) is 0 Å². The minimum Gasteiger partial charge on any atom is -0.326 e. The van der Waals surface area contributed by atoms with E-state index < -0.39 is 0 Å². The van der Waals surface area contributed by atoms with Crippen LogP contribution in [0.25, 0.3) is 0 Å². The second kappa shape index (κ2) is 4.98. The summed E-state index contributed by atoms with van der Waals surface area (Å²) in [6.45, 7) is 5.59. The summed E-state index contributed by atoms with van der Waals surface area (Å²) < 4.78 is 0. The Morgan fingerprint density at radius 3 is 2.56 bits per heavy atom. The lowest BCUT2D eigenvalue weighted by Crippen LogP contribution is -2.53. The average Bonchev–Trinajstić information content (AvgIpc) is 2.31. The first kappa shape index (κ1) is 11.6. The predicted molar refractivity (Wildman–Crippen MR) is 68.1 cm³/mol. The van der Waals surface area contributed by atoms with E-state index in [0.717, 1.165) is 13.0 Å². The van der Waals surface area contributed by atoms with Crippen LogP contribution in [0, 0.1) is 0 Å². The van der Waals surface area contributed by atoms with Gasteiger partial charge in [0.15, 0.2) is 0 Å². The summed E-state index contributed by atoms with van der Waals surface area (Å²) in [5.41, 5.74) is 7.53. The Morgan fingerprint density at radius 2 is 1.88 bits per heavy atom. The number of nitrogens with two attached hydrogens (primary N) is 1. The summed E-state index contributed by atoms with van der Waals surface area (Å²) in [5, 5.41) is 0. The van der Waals surface area contributed by atoms with Gasteiger partial charge in [0, 0.05) is 24.7 Å². The van der Waals surface area contributed by atoms with Crippen molar-refractivity contribution in [1.29, 1.82) is 0 Å². The minimum absolute atomic E-state index is 0.333. The summed E-state index contributed by atoms with van der Waals surface area (Å²) in [6, 6.07) is 12.1. The van der Waals surface area contributed by atoms with Gasteiger partial charge in [-0.25, -0.2) is 0 Å². The number of hydrogen-bond acceptors (Lipinski definition) is 2. The minimum atomic E-state index is 0.333. The van der Waals surface area contributed by atoms with Crippen LogP contribution in [-0.4, -0.2) is 23.0 Å². The lowest BCUT2D eigenvalue weighted by molar-refractivity contribution is 0.0795. The van der Waals surface area contributed by atoms with Crippen molar-refractivity contribution in [2.45, 2.75) is 51.4 Å². The molecule has 1 saturated heterocycles. The Bertz CT molecular complexity index is 323. The Labute approximate surface area is 98.4 Å². The van der Waals surface area contributed by atoms with E-state index in [2.05, 4.69) is 49.1 Å². The number of nitrogens with zero attached hydrogens (tertiary/aromatic N) is 1. The second-order valence-corrected chi connectivity index (χ2v) is 4.99. The Morgan fingerprint density at radius 1 is 1.19 bits per heavy atom. The topological polar surface area (TPSA) is 29.3 Å². The highest BCUT2D eigenvalue weighted by atomic mass is 15.2. The zero-order valence-electron chi connectivity index (χ0n) is 10.3. The molecule has 0 saturated carbocycles. The highest BCUT2D eigenvalue weighted by molar-refractivity contribution is 5.15. The van der Waals surface area contributed by atoms with Crippen LogP contribution in [0.4, 0.5) is 0 Å². The van der Waals surface area contributed by atoms with E-state index in [1.54, 1.807) is 0 Å². The molecule has 0 bridgehead atoms. The number of likely N-dealkylation sites (tertiary alicyclic amines) is 1. The van der Waals surface area contributed by atoms with Crippen molar-refractivity contribution in [3.05, 3.63) is 35.9 Å². The summed E-state index contributed by atoms with van der Waals surface area (Å²) in [6.07, 6.45) is 2.38. The average molecular weight is 218 g/mol. The Kier molecular flexibility index (Phi) is 3.62. The normalized spacial score (nSPS) is 31.6. The largest absolute Gasteiger partial charge is 0.326 e. The number of hydrogen-bond donors (Lipinski definition) is 1. The monoisotopic (exact) mass is 218 g/mol. The lowest BCUT2D eigenvalue weighted by atomic mass is 9.92. The van der Waals surface area contributed by atoms with Gasteiger partial charge in [-0.05, 0) is 32.3 Å². The van der Waals surface area contributed by atoms with Crippen LogP contribution in [0.1, 0.15) is 32.3 Å². The molecule has 0 aromatic heterocycles. The molecule has 1 aromatic rings. The fourth-order valence-electron chi connectivity index (χ4n) is 2.58. The third-order valence-corrected chi connectivity index (χ3v) is 3.83. The fourth-order valence-corrected chi connectivity index (χ4v) is 2.58. The van der Waals surface area contributed by atoms with Crippen molar-refractivity contribution < 1.29 is 0 Å². The predicted octanol–water partition coefficient (Wildman–Crippen LogP) is 2.39. The molecule has 2 nitrogen and oxygen atoms in total. The third kappa shape index (κ3) is 2.45. The molecule has 1 aliphatic heterocycles. The van der Waals surface area contributed by atoms with Gasteiger partial charge in [0.25, 0.3) is 0 Å². The van der Waals surface area contributed by atoms with Gasteiger partial charge in [-0.3, -0.25) is 4.90 Å². The van der Waals surface area contributed by atoms with E-state index in [-0.39, 0.29) is 0 Å². The molecule has 0 amide bonds. The smallest absolute Gasteiger partial charge is 0.0240 e. The van der Waals surface area contributed by atoms with E-state index in [9.17, 15) is 0 Å². The molecule has 1 fully saturated rings. The molecule has 3 atom stereocenters. The van der Waals surface area contributed by atoms with Gasteiger partial charge in [-0.2, -0.15) is 0 Å². The fraction of sp³-hybridized carbons (Fsp3) is 0.571. The molecule has 0 aliphatic carbocycles. The molecule has 16 heavy (non-hydrogen) atoms. The quantitative estimate of drug-likeness (QED) is 0.826. The van der Waals surface area contributed by atoms with Crippen LogP contribution in [0.15, 0.2) is 30.3 Å². The maximum absolute atomic E-state index is 6.14. The molecule has 88 valence electrons. The van der Waals surface area contributed by atoms with Gasteiger partial charge < -0.3 is 5.73 Å². The molecule has 2 heteroatoms. The van der Waals surface area contributed by atoms with Crippen molar-refractivity contribution in [2.75, 3.05) is 0 Å². The van der Waals surface area contributed by atoms with Crippen LogP contribution in [0.5, 0.6) is 0 Å². The van der Waals surface area contributed by atoms with Crippen LogP contribution in [-0.2, 0) is 6.54 Å². The molecule has 2 N–H and O–H groups in total. The number of benzene rings is 1. The molecule has 0 radical (unpaired) electrons. The van der Waals surface area contributed by atoms with Crippen LogP contribution < -0.4 is 5.73 Å². The maximum Gasteiger partial charge on any atom is 0.0240 e. The Hall–Kier alpha value is -0.860. The first-order valence-corrected chi connectivity index (χ1v) is 6.23. The molecule has 0 spiro atoms. The summed E-state index contributed by atoms with van der Waals surface area (Å²) in [7, 11) is 0. The maximum atomic E-state index is 6.14. The van der Waals surface area contributed by atoms with E-state index in [1.165, 1.54) is 12.0 Å². The summed E-state index contributed by atoms with van der Waals surface area (Å²) in [4.78, 5) is 2.53. The molecule has 2 rings (SSSR count). The molecular formula is C14H22N2. The van der Waals surface area contributed by atoms with Crippen molar-refractivity contribution >= 4 is 0 Å². The molecule has 1 aliphatic rings. The molecule has 1 heterocycles. The second-order valence-electron chi connectivity index (χ2n) is 4.99. The van der Waals surface area contributed by atoms with Crippen LogP contribution in [0.3, 0.4) is 0 Å². The van der Waals surface area contributed by atoms with Gasteiger partial charge in [-0.1, -0.05) is 30.3 Å². The van der Waals surface area contributed by atoms with Crippen LogP contribution >= 0.6 is 0 Å². The third-order valence-electron chi connectivity index (χ3n) is 3.83. The van der Waals surface area contributed by atoms with Gasteiger partial charge >= 0.3 is 0 Å². The van der Waals surface area contributed by atoms with Gasteiger partial charge in [0.05, 0.1) is 0 Å². The lowest BCUT2D eigenvalue weighted by Gasteiger charge is -2.42. The molecule has 0 unspecified atom stereocenters. The van der Waals surface area contributed by atoms with E-state index in [0.29, 0.717) is 18.1 Å². The van der Waals surface area contributed by atoms with Gasteiger partial charge in [0.2, 0.25) is 0 Å². The zero-order chi connectivity index (χ0) is 11.5. The van der Waals surface area contributed by atoms with Gasteiger partial charge in [-0.15, -0.1) is 0 Å². The van der Waals surface area contributed by atoms with E-state index in [4.69, 9.17) is 5.73 Å². The Balaban J connectivity index is 2.07. The van der Waals surface area contributed by atoms with E-state index >= 15 is 0 Å². The van der Waals surface area contributed by atoms with Crippen molar-refractivity contribution in [1.82, 2.24) is 4.90 Å². The summed E-state index contributed by atoms with van der Waals surface area (Å²) >= 11 is 0. The SMILES string of the molecule is C[C@@H]1CC[C@H](N)[C@@H](C)N1Cc1ccccc1. The highest BCUT2D eigenvalue weighted by Crippen LogP contribution is 2.23. The van der Waals surface area contributed by atoms with Crippen LogP contribution in [0.2, 0.25) is 0 Å². The van der Waals surface area contributed by atoms with Gasteiger partial charge in [0.1, 0.15) is 0 Å². The highest BCUT2D eigenvalue weighted by Gasteiger charge is 2.29. The molecule has 1 aromatic carbocycles.